The number of amides is 1. The van der Waals surface area contributed by atoms with Crippen molar-refractivity contribution in [3.05, 3.63) is 34.3 Å². The number of hydrogen-bond acceptors (Lipinski definition) is 7. The Kier molecular flexibility index (Phi) is 6.13. The molecule has 2 aromatic heterocycles. The van der Waals surface area contributed by atoms with Crippen molar-refractivity contribution in [3.8, 4) is 0 Å². The second-order valence-corrected chi connectivity index (χ2v) is 8.20. The standard InChI is InChI=1S/C19H25N5O3S/c25-18(17-4-2-12-28-17)15-3-1-5-23(13-15)19(26)16-14-24(21-20-16)7-6-22-8-10-27-11-9-22/h2,4,12,14-15H,1,3,5-11,13H2/t15-/m0/s1. The van der Waals surface area contributed by atoms with Gasteiger partial charge in [-0.3, -0.25) is 19.2 Å². The van der Waals surface area contributed by atoms with Crippen LogP contribution in [0.25, 0.3) is 0 Å². The largest absolute Gasteiger partial charge is 0.379 e. The molecule has 0 bridgehead atoms. The zero-order valence-corrected chi connectivity index (χ0v) is 16.6. The Labute approximate surface area is 168 Å². The first-order valence-corrected chi connectivity index (χ1v) is 10.7. The Morgan fingerprint density at radius 1 is 1.21 bits per heavy atom. The maximum Gasteiger partial charge on any atom is 0.276 e. The Hall–Kier alpha value is -2.10. The van der Waals surface area contributed by atoms with Crippen molar-refractivity contribution in [2.45, 2.75) is 19.4 Å². The number of nitrogens with zero attached hydrogens (tertiary/aromatic N) is 5. The molecule has 2 saturated heterocycles. The molecule has 0 spiro atoms. The van der Waals surface area contributed by atoms with Crippen LogP contribution in [0.2, 0.25) is 0 Å². The Morgan fingerprint density at radius 3 is 2.86 bits per heavy atom. The van der Waals surface area contributed by atoms with E-state index in [2.05, 4.69) is 15.2 Å². The van der Waals surface area contributed by atoms with Crippen molar-refractivity contribution in [2.24, 2.45) is 5.92 Å². The van der Waals surface area contributed by atoms with Crippen LogP contribution >= 0.6 is 11.3 Å². The van der Waals surface area contributed by atoms with E-state index in [0.29, 0.717) is 25.3 Å². The molecule has 150 valence electrons. The van der Waals surface area contributed by atoms with Crippen LogP contribution in [0.5, 0.6) is 0 Å². The Balaban J connectivity index is 1.33. The van der Waals surface area contributed by atoms with Gasteiger partial charge in [-0.25, -0.2) is 0 Å². The third kappa shape index (κ3) is 4.48. The molecule has 2 aromatic rings. The SMILES string of the molecule is O=C(c1cccs1)[C@H]1CCCN(C(=O)c2cn(CCN3CCOCC3)nn2)C1. The van der Waals surface area contributed by atoms with E-state index in [4.69, 9.17) is 4.74 Å². The molecule has 0 aliphatic carbocycles. The zero-order chi connectivity index (χ0) is 19.3. The Bertz CT molecular complexity index is 800. The molecule has 4 heterocycles. The van der Waals surface area contributed by atoms with Crippen molar-refractivity contribution in [1.29, 1.82) is 0 Å². The fourth-order valence-electron chi connectivity index (χ4n) is 3.73. The lowest BCUT2D eigenvalue weighted by Crippen LogP contribution is -2.42. The molecule has 2 aliphatic rings. The summed E-state index contributed by atoms with van der Waals surface area (Å²) in [7, 11) is 0. The first-order valence-electron chi connectivity index (χ1n) is 9.78. The number of carbonyl (C=O) groups is 2. The minimum Gasteiger partial charge on any atom is -0.379 e. The van der Waals surface area contributed by atoms with E-state index < -0.39 is 0 Å². The fourth-order valence-corrected chi connectivity index (χ4v) is 4.48. The normalized spacial score (nSPS) is 21.0. The number of likely N-dealkylation sites (tertiary alicyclic amines) is 1. The average molecular weight is 404 g/mol. The minimum atomic E-state index is -0.138. The van der Waals surface area contributed by atoms with E-state index in [1.54, 1.807) is 15.8 Å². The molecule has 0 radical (unpaired) electrons. The summed E-state index contributed by atoms with van der Waals surface area (Å²) >= 11 is 1.46. The van der Waals surface area contributed by atoms with Crippen molar-refractivity contribution in [3.63, 3.8) is 0 Å². The van der Waals surface area contributed by atoms with Crippen LogP contribution < -0.4 is 0 Å². The average Bonchev–Trinajstić information content (AvgIpc) is 3.44. The summed E-state index contributed by atoms with van der Waals surface area (Å²) < 4.78 is 7.08. The van der Waals surface area contributed by atoms with E-state index >= 15 is 0 Å². The van der Waals surface area contributed by atoms with Crippen LogP contribution in [0.3, 0.4) is 0 Å². The predicted octanol–water partition coefficient (Wildman–Crippen LogP) is 1.41. The minimum absolute atomic E-state index is 0.132. The summed E-state index contributed by atoms with van der Waals surface area (Å²) in [6.07, 6.45) is 3.37. The maximum atomic E-state index is 12.8. The van der Waals surface area contributed by atoms with Crippen LogP contribution in [-0.2, 0) is 11.3 Å². The molecular weight excluding hydrogens is 378 g/mol. The third-order valence-electron chi connectivity index (χ3n) is 5.35. The summed E-state index contributed by atoms with van der Waals surface area (Å²) in [5, 5.41) is 10.1. The molecule has 8 nitrogen and oxygen atoms in total. The number of aromatic nitrogens is 3. The number of thiophene rings is 1. The lowest BCUT2D eigenvalue weighted by molar-refractivity contribution is 0.0359. The van der Waals surface area contributed by atoms with Gasteiger partial charge in [0.15, 0.2) is 11.5 Å². The lowest BCUT2D eigenvalue weighted by Gasteiger charge is -2.31. The molecule has 1 atom stereocenters. The summed E-state index contributed by atoms with van der Waals surface area (Å²) in [6.45, 7) is 6.05. The van der Waals surface area contributed by atoms with Crippen molar-refractivity contribution in [2.75, 3.05) is 45.9 Å². The number of hydrogen-bond donors (Lipinski definition) is 0. The molecule has 28 heavy (non-hydrogen) atoms. The van der Waals surface area contributed by atoms with Gasteiger partial charge in [-0.2, -0.15) is 0 Å². The molecule has 0 saturated carbocycles. The van der Waals surface area contributed by atoms with E-state index in [9.17, 15) is 9.59 Å². The monoisotopic (exact) mass is 403 g/mol. The molecule has 2 fully saturated rings. The number of morpholine rings is 1. The van der Waals surface area contributed by atoms with Crippen molar-refractivity contribution < 1.29 is 14.3 Å². The number of rotatable bonds is 6. The highest BCUT2D eigenvalue weighted by Gasteiger charge is 2.30. The zero-order valence-electron chi connectivity index (χ0n) is 15.8. The van der Waals surface area contributed by atoms with E-state index in [-0.39, 0.29) is 17.6 Å². The van der Waals surface area contributed by atoms with Crippen LogP contribution in [0, 0.1) is 5.92 Å². The molecule has 0 aromatic carbocycles. The number of ether oxygens (including phenoxy) is 1. The topological polar surface area (TPSA) is 80.6 Å². The second kappa shape index (κ2) is 8.93. The van der Waals surface area contributed by atoms with Gasteiger partial charge in [0.1, 0.15) is 0 Å². The predicted molar refractivity (Wildman–Crippen MR) is 105 cm³/mol. The molecular formula is C19H25N5O3S. The smallest absolute Gasteiger partial charge is 0.276 e. The molecule has 0 unspecified atom stereocenters. The Morgan fingerprint density at radius 2 is 2.07 bits per heavy atom. The summed E-state index contributed by atoms with van der Waals surface area (Å²) in [5.74, 6) is -0.129. The van der Waals surface area contributed by atoms with Crippen LogP contribution in [-0.4, -0.2) is 82.4 Å². The lowest BCUT2D eigenvalue weighted by atomic mass is 9.93. The van der Waals surface area contributed by atoms with Crippen molar-refractivity contribution >= 4 is 23.0 Å². The summed E-state index contributed by atoms with van der Waals surface area (Å²) in [4.78, 5) is 30.3. The molecule has 9 heteroatoms. The third-order valence-corrected chi connectivity index (χ3v) is 6.23. The summed E-state index contributed by atoms with van der Waals surface area (Å²) in [5.41, 5.74) is 0.353. The fraction of sp³-hybridized carbons (Fsp3) is 0.579. The van der Waals surface area contributed by atoms with E-state index in [1.165, 1.54) is 11.3 Å². The molecule has 4 rings (SSSR count). The van der Waals surface area contributed by atoms with Crippen LogP contribution in [0.15, 0.2) is 23.7 Å². The van der Waals surface area contributed by atoms with Gasteiger partial charge in [0.05, 0.1) is 30.8 Å². The van der Waals surface area contributed by atoms with E-state index in [0.717, 1.165) is 50.6 Å². The van der Waals surface area contributed by atoms with Gasteiger partial charge < -0.3 is 9.64 Å². The first-order chi connectivity index (χ1) is 13.7. The highest BCUT2D eigenvalue weighted by Crippen LogP contribution is 2.24. The van der Waals surface area contributed by atoms with Crippen molar-refractivity contribution in [1.82, 2.24) is 24.8 Å². The first kappa shape index (κ1) is 19.2. The number of Topliss-reactive ketones (excluding diaryl/α,β-unsaturated/α-hetero) is 1. The number of piperidine rings is 1. The second-order valence-electron chi connectivity index (χ2n) is 7.25. The van der Waals surface area contributed by atoms with Gasteiger partial charge >= 0.3 is 0 Å². The van der Waals surface area contributed by atoms with E-state index in [1.807, 2.05) is 17.5 Å². The maximum absolute atomic E-state index is 12.8. The molecule has 1 amide bonds. The van der Waals surface area contributed by atoms with Crippen LogP contribution in [0.4, 0.5) is 0 Å². The number of ketones is 1. The molecule has 0 N–H and O–H groups in total. The van der Waals surface area contributed by atoms with Gasteiger partial charge in [0.25, 0.3) is 5.91 Å². The number of carbonyl (C=O) groups excluding carboxylic acids is 2. The van der Waals surface area contributed by atoms with Gasteiger partial charge in [0.2, 0.25) is 0 Å². The highest BCUT2D eigenvalue weighted by atomic mass is 32.1. The van der Waals surface area contributed by atoms with Gasteiger partial charge in [-0.1, -0.05) is 11.3 Å². The van der Waals surface area contributed by atoms with Crippen LogP contribution in [0.1, 0.15) is 33.0 Å². The van der Waals surface area contributed by atoms with Gasteiger partial charge in [0, 0.05) is 38.6 Å². The highest BCUT2D eigenvalue weighted by molar-refractivity contribution is 7.12. The summed E-state index contributed by atoms with van der Waals surface area (Å²) in [6, 6.07) is 3.74. The van der Waals surface area contributed by atoms with Gasteiger partial charge in [-0.05, 0) is 24.3 Å². The molecule has 2 aliphatic heterocycles. The van der Waals surface area contributed by atoms with Gasteiger partial charge in [-0.15, -0.1) is 16.4 Å². The quantitative estimate of drug-likeness (QED) is 0.679.